The number of nitrogens with one attached hydrogen (secondary N) is 1. The molecule has 7 nitrogen and oxygen atoms in total. The van der Waals surface area contributed by atoms with Crippen molar-refractivity contribution < 1.29 is 23.9 Å². The Labute approximate surface area is 168 Å². The Kier molecular flexibility index (Phi) is 6.74. The summed E-state index contributed by atoms with van der Waals surface area (Å²) in [5.74, 6) is -2.58. The van der Waals surface area contributed by atoms with Gasteiger partial charge < -0.3 is 10.1 Å². The number of rotatable bonds is 6. The van der Waals surface area contributed by atoms with Gasteiger partial charge in [0.05, 0.1) is 38.3 Å². The van der Waals surface area contributed by atoms with Crippen LogP contribution in [0.5, 0.6) is 0 Å². The SMILES string of the molecule is COC(=O)CCCNC(=O)CN1C(=O)c2c(Cl)c(Cl)c(Cl)c(Cl)c2C1=O. The van der Waals surface area contributed by atoms with Crippen molar-refractivity contribution in [1.82, 2.24) is 10.2 Å². The third-order valence-electron chi connectivity index (χ3n) is 3.59. The Hall–Kier alpha value is -1.54. The van der Waals surface area contributed by atoms with Crippen LogP contribution in [0.15, 0.2) is 0 Å². The summed E-state index contributed by atoms with van der Waals surface area (Å²) in [6.45, 7) is -0.358. The van der Waals surface area contributed by atoms with Gasteiger partial charge in [0.1, 0.15) is 6.54 Å². The molecule has 0 radical (unpaired) electrons. The molecule has 3 amide bonds. The third kappa shape index (κ3) is 3.91. The van der Waals surface area contributed by atoms with Crippen molar-refractivity contribution in [2.75, 3.05) is 20.2 Å². The molecule has 0 spiro atoms. The van der Waals surface area contributed by atoms with E-state index in [1.165, 1.54) is 7.11 Å². The lowest BCUT2D eigenvalue weighted by Gasteiger charge is -2.13. The van der Waals surface area contributed by atoms with E-state index in [2.05, 4.69) is 10.1 Å². The van der Waals surface area contributed by atoms with Crippen molar-refractivity contribution in [3.63, 3.8) is 0 Å². The smallest absolute Gasteiger partial charge is 0.305 e. The van der Waals surface area contributed by atoms with Crippen LogP contribution < -0.4 is 5.32 Å². The molecule has 1 N–H and O–H groups in total. The second-order valence-corrected chi connectivity index (χ2v) is 6.74. The number of carbonyl (C=O) groups is 4. The van der Waals surface area contributed by atoms with Crippen molar-refractivity contribution in [3.8, 4) is 0 Å². The van der Waals surface area contributed by atoms with E-state index in [9.17, 15) is 19.2 Å². The number of fused-ring (bicyclic) bond motifs is 1. The van der Waals surface area contributed by atoms with E-state index < -0.39 is 30.2 Å². The average molecular weight is 442 g/mol. The minimum atomic E-state index is -0.792. The summed E-state index contributed by atoms with van der Waals surface area (Å²) in [6, 6.07) is 0. The summed E-state index contributed by atoms with van der Waals surface area (Å²) in [4.78, 5) is 48.6. The van der Waals surface area contributed by atoms with Crippen LogP contribution in [0, 0.1) is 0 Å². The highest BCUT2D eigenvalue weighted by atomic mass is 35.5. The highest BCUT2D eigenvalue weighted by Gasteiger charge is 2.42. The van der Waals surface area contributed by atoms with Crippen LogP contribution in [0.25, 0.3) is 0 Å². The zero-order valence-corrected chi connectivity index (χ0v) is 16.4. The van der Waals surface area contributed by atoms with Gasteiger partial charge in [-0.15, -0.1) is 0 Å². The second-order valence-electron chi connectivity index (χ2n) is 5.23. The number of methoxy groups -OCH3 is 1. The summed E-state index contributed by atoms with van der Waals surface area (Å²) in [6.07, 6.45) is 0.482. The molecule has 26 heavy (non-hydrogen) atoms. The van der Waals surface area contributed by atoms with Crippen LogP contribution in [0.4, 0.5) is 0 Å². The maximum atomic E-state index is 12.5. The molecular formula is C15H12Cl4N2O5. The predicted molar refractivity (Wildman–Crippen MR) is 96.1 cm³/mol. The molecular weight excluding hydrogens is 430 g/mol. The molecule has 1 aliphatic rings. The maximum Gasteiger partial charge on any atom is 0.305 e. The average Bonchev–Trinajstić information content (AvgIpc) is 2.86. The van der Waals surface area contributed by atoms with Crippen LogP contribution in [0.3, 0.4) is 0 Å². The van der Waals surface area contributed by atoms with Gasteiger partial charge in [0.2, 0.25) is 5.91 Å². The number of ether oxygens (including phenoxy) is 1. The Bertz CT molecular complexity index is 765. The number of nitrogens with zero attached hydrogens (tertiary/aromatic N) is 1. The molecule has 11 heteroatoms. The molecule has 0 saturated heterocycles. The monoisotopic (exact) mass is 440 g/mol. The number of esters is 1. The molecule has 1 aromatic carbocycles. The molecule has 0 unspecified atom stereocenters. The molecule has 0 atom stereocenters. The summed E-state index contributed by atoms with van der Waals surface area (Å²) in [5.41, 5.74) is -0.371. The first-order chi connectivity index (χ1) is 12.2. The predicted octanol–water partition coefficient (Wildman–Crippen LogP) is 2.97. The minimum absolute atomic E-state index is 0.131. The summed E-state index contributed by atoms with van der Waals surface area (Å²) >= 11 is 23.8. The first-order valence-electron chi connectivity index (χ1n) is 7.26. The largest absolute Gasteiger partial charge is 0.469 e. The van der Waals surface area contributed by atoms with Crippen molar-refractivity contribution in [2.45, 2.75) is 12.8 Å². The molecule has 1 aliphatic heterocycles. The van der Waals surface area contributed by atoms with Crippen LogP contribution in [-0.4, -0.2) is 48.8 Å². The lowest BCUT2D eigenvalue weighted by molar-refractivity contribution is -0.140. The zero-order chi connectivity index (χ0) is 19.6. The van der Waals surface area contributed by atoms with Gasteiger partial charge in [-0.1, -0.05) is 46.4 Å². The van der Waals surface area contributed by atoms with Gasteiger partial charge in [-0.2, -0.15) is 0 Å². The number of benzene rings is 1. The van der Waals surface area contributed by atoms with Gasteiger partial charge in [0, 0.05) is 13.0 Å². The Morgan fingerprint density at radius 3 is 1.92 bits per heavy atom. The number of hydrogen-bond donors (Lipinski definition) is 1. The van der Waals surface area contributed by atoms with E-state index in [1.54, 1.807) is 0 Å². The third-order valence-corrected chi connectivity index (χ3v) is 5.40. The second kappa shape index (κ2) is 8.43. The highest BCUT2D eigenvalue weighted by molar-refractivity contribution is 6.55. The zero-order valence-electron chi connectivity index (χ0n) is 13.3. The minimum Gasteiger partial charge on any atom is -0.469 e. The number of carbonyl (C=O) groups excluding carboxylic acids is 4. The van der Waals surface area contributed by atoms with Crippen LogP contribution in [0.1, 0.15) is 33.6 Å². The van der Waals surface area contributed by atoms with Crippen molar-refractivity contribution in [1.29, 1.82) is 0 Å². The first-order valence-corrected chi connectivity index (χ1v) is 8.77. The molecule has 140 valence electrons. The lowest BCUT2D eigenvalue weighted by Crippen LogP contribution is -2.40. The van der Waals surface area contributed by atoms with E-state index in [0.717, 1.165) is 0 Å². The molecule has 0 bridgehead atoms. The van der Waals surface area contributed by atoms with Crippen molar-refractivity contribution in [3.05, 3.63) is 31.2 Å². The van der Waals surface area contributed by atoms with E-state index >= 15 is 0 Å². The lowest BCUT2D eigenvalue weighted by atomic mass is 10.1. The van der Waals surface area contributed by atoms with Crippen molar-refractivity contribution >= 4 is 70.1 Å². The van der Waals surface area contributed by atoms with Gasteiger partial charge in [-0.3, -0.25) is 24.1 Å². The molecule has 0 aromatic heterocycles. The fraction of sp³-hybridized carbons (Fsp3) is 0.333. The fourth-order valence-corrected chi connectivity index (χ4v) is 3.32. The topological polar surface area (TPSA) is 92.8 Å². The molecule has 0 fully saturated rings. The summed E-state index contributed by atoms with van der Waals surface area (Å²) in [5, 5.41) is 1.81. The first kappa shape index (κ1) is 20.8. The summed E-state index contributed by atoms with van der Waals surface area (Å²) in [7, 11) is 1.26. The maximum absolute atomic E-state index is 12.5. The Balaban J connectivity index is 2.09. The quantitative estimate of drug-likeness (QED) is 0.241. The standard InChI is InChI=1S/C15H12Cl4N2O5/c1-26-7(23)3-2-4-20-6(22)5-21-14(24)8-9(15(21)25)11(17)13(19)12(18)10(8)16/h2-5H2,1H3,(H,20,22). The highest BCUT2D eigenvalue weighted by Crippen LogP contribution is 2.44. The van der Waals surface area contributed by atoms with Gasteiger partial charge in [-0.05, 0) is 6.42 Å². The molecule has 1 heterocycles. The number of halogens is 4. The van der Waals surface area contributed by atoms with Gasteiger partial charge >= 0.3 is 5.97 Å². The van der Waals surface area contributed by atoms with Crippen molar-refractivity contribution in [2.24, 2.45) is 0 Å². The van der Waals surface area contributed by atoms with E-state index in [-0.39, 0.29) is 44.2 Å². The molecule has 1 aromatic rings. The molecule has 0 saturated carbocycles. The van der Waals surface area contributed by atoms with Gasteiger partial charge in [-0.25, -0.2) is 0 Å². The fourth-order valence-electron chi connectivity index (χ4n) is 2.30. The molecule has 2 rings (SSSR count). The molecule has 0 aliphatic carbocycles. The van der Waals surface area contributed by atoms with Crippen LogP contribution >= 0.6 is 46.4 Å². The Morgan fingerprint density at radius 2 is 1.46 bits per heavy atom. The number of amides is 3. The number of imide groups is 1. The normalized spacial score (nSPS) is 13.0. The van der Waals surface area contributed by atoms with E-state index in [4.69, 9.17) is 46.4 Å². The Morgan fingerprint density at radius 1 is 0.962 bits per heavy atom. The summed E-state index contributed by atoms with van der Waals surface area (Å²) < 4.78 is 4.47. The van der Waals surface area contributed by atoms with Crippen LogP contribution in [-0.2, 0) is 14.3 Å². The van der Waals surface area contributed by atoms with E-state index in [1.807, 2.05) is 0 Å². The number of hydrogen-bond acceptors (Lipinski definition) is 5. The van der Waals surface area contributed by atoms with Gasteiger partial charge in [0.25, 0.3) is 11.8 Å². The van der Waals surface area contributed by atoms with Crippen LogP contribution in [0.2, 0.25) is 20.1 Å². The van der Waals surface area contributed by atoms with Gasteiger partial charge in [0.15, 0.2) is 0 Å². The van der Waals surface area contributed by atoms with E-state index in [0.29, 0.717) is 11.3 Å².